The molecule has 3 heterocycles. The summed E-state index contributed by atoms with van der Waals surface area (Å²) >= 11 is 0. The summed E-state index contributed by atoms with van der Waals surface area (Å²) in [6.07, 6.45) is -25.2. The predicted molar refractivity (Wildman–Crippen MR) is 453 cm³/mol. The van der Waals surface area contributed by atoms with Crippen LogP contribution in [0.3, 0.4) is 0 Å². The van der Waals surface area contributed by atoms with E-state index in [1.807, 2.05) is 0 Å². The maximum Gasteiger partial charge on any atom is 0.573 e. The van der Waals surface area contributed by atoms with Crippen molar-refractivity contribution in [1.29, 1.82) is 0 Å². The molecule has 8 N–H and O–H groups in total. The van der Waals surface area contributed by atoms with Gasteiger partial charge in [-0.25, -0.2) is 13.2 Å². The summed E-state index contributed by atoms with van der Waals surface area (Å²) in [5, 5.41) is 9.47. The third-order valence-electron chi connectivity index (χ3n) is 18.6. The summed E-state index contributed by atoms with van der Waals surface area (Å²) in [7, 11) is 3.26. The highest BCUT2D eigenvalue weighted by atomic mass is 19.4. The number of ether oxygens (including phenoxy) is 11. The molecule has 0 saturated heterocycles. The van der Waals surface area contributed by atoms with Crippen molar-refractivity contribution in [2.24, 2.45) is 11.5 Å². The fourth-order valence-electron chi connectivity index (χ4n) is 12.2. The first-order valence-corrected chi connectivity index (χ1v) is 39.6. The normalized spacial score (nSPS) is 11.9. The Bertz CT molecular complexity index is 6760. The van der Waals surface area contributed by atoms with Crippen molar-refractivity contribution >= 4 is 69.8 Å². The lowest BCUT2D eigenvalue weighted by Crippen LogP contribution is -2.19. The molecule has 50 heteroatoms. The number of carbonyl (C=O) groups excluding carboxylic acids is 8. The maximum atomic E-state index is 15.2. The van der Waals surface area contributed by atoms with Gasteiger partial charge < -0.3 is 84.8 Å². The predicted octanol–water partition coefficient (Wildman–Crippen LogP) is 23.1. The number of halogens is 22. The van der Waals surface area contributed by atoms with E-state index < -0.39 is 176 Å². The molecule has 1 aliphatic carbocycles. The molecule has 0 atom stereocenters. The van der Waals surface area contributed by atoms with Crippen molar-refractivity contribution in [3.63, 3.8) is 0 Å². The molecule has 9 aromatic carbocycles. The number of ketones is 2. The molecule has 0 radical (unpaired) electrons. The highest BCUT2D eigenvalue weighted by Gasteiger charge is 2.41. The van der Waals surface area contributed by atoms with Crippen LogP contribution in [-0.2, 0) is 12.4 Å². The van der Waals surface area contributed by atoms with E-state index in [0.717, 1.165) is 99.9 Å². The van der Waals surface area contributed by atoms with Crippen molar-refractivity contribution in [3.8, 4) is 86.2 Å². The largest absolute Gasteiger partial charge is 0.573 e. The Balaban J connectivity index is 0.000000195. The first-order chi connectivity index (χ1) is 66.4. The molecule has 1 saturated carbocycles. The number of nitrogens with two attached hydrogens (primary N) is 2. The standard InChI is InChI=1S/C25H20F4N2O5.C23H17F5N2O5.C22H13F7N2O4.C22H15F6N3O5/c1-13(32)19-11-16(7-8-30-19)31-24(33)23-18(26)9-15(14-3-4-14)10-22(23)35-20-6-5-17(12-21(20)34-2)36-25(27,28)29;1-11-4-5-15(34-17-7-6-16(35-23(26,27)28)20(25)21(17)33-3)18(19(11)24)22(32)30-13-8-9-29-14(10-13)12(2)31;23-18-15(21(24,25)26)8-9-16(34-13-4-6-14(7-5-13)35-22(27,28)29)17(18)20(33)31-12-3-1-2-11(10-12)19(30)32;1-34-17-8-13(36-22(26,27)28)5-6-15(17)35-16-9-18(21(23,24)25)30-10-14(16)20(33)31-12-4-2-3-11(7-12)19(29)32/h5-12,14H,3-4H2,1-2H3,(H,30,31,33);4-10H,1-3H3,(H,29,30,32);1-10H,(H2,30,32)(H,31,33);2-10H,1H3,(H2,29,32)(H,31,33). The number of hydrogen-bond donors (Lipinski definition) is 6. The monoisotopic (exact) mass is 2020 g/mol. The molecule has 0 bridgehead atoms. The van der Waals surface area contributed by atoms with Gasteiger partial charge in [0.25, 0.3) is 23.6 Å². The van der Waals surface area contributed by atoms with Crippen LogP contribution in [0.2, 0.25) is 0 Å². The third-order valence-corrected chi connectivity index (χ3v) is 18.6. The van der Waals surface area contributed by atoms with Gasteiger partial charge in [0.2, 0.25) is 23.4 Å². The van der Waals surface area contributed by atoms with Crippen molar-refractivity contribution in [1.82, 2.24) is 15.0 Å². The van der Waals surface area contributed by atoms with E-state index >= 15 is 4.39 Å². The number of alkyl halides is 18. The molecule has 0 unspecified atom stereocenters. The molecular weight excluding hydrogens is 1950 g/mol. The Morgan fingerprint density at radius 3 is 1.23 bits per heavy atom. The SMILES string of the molecule is COc1c(Oc2ccc(C)c(F)c2C(=O)Nc2ccnc(C(C)=O)c2)ccc(OC(F)(F)F)c1F.COc1cc(OC(F)(F)F)ccc1Oc1cc(C(F)(F)F)ncc1C(=O)Nc1cccc(C(N)=O)c1.COc1cc(OC(F)(F)F)ccc1Oc1cc(C2CC2)cc(F)c1C(=O)Nc1ccnc(C(C)=O)c1.NC(=O)c1cccc(NC(=O)c2c(Oc3ccc(OC(F)(F)F)cc3)ccc(C(F)(F)F)c2F)c1. The van der Waals surface area contributed by atoms with E-state index in [-0.39, 0.29) is 109 Å². The minimum absolute atomic E-state index is 0.0371. The van der Waals surface area contributed by atoms with Crippen LogP contribution in [-0.4, -0.2) is 109 Å². The highest BCUT2D eigenvalue weighted by Crippen LogP contribution is 2.48. The number of methoxy groups -OCH3 is 3. The lowest BCUT2D eigenvalue weighted by molar-refractivity contribution is -0.276. The molecule has 6 amide bonds. The second kappa shape index (κ2) is 44.5. The van der Waals surface area contributed by atoms with Gasteiger partial charge in [-0.2, -0.15) is 30.7 Å². The maximum absolute atomic E-state index is 15.2. The second-order valence-electron chi connectivity index (χ2n) is 28.9. The number of pyridine rings is 3. The number of rotatable bonds is 28. The lowest BCUT2D eigenvalue weighted by Gasteiger charge is -2.17. The van der Waals surface area contributed by atoms with Crippen LogP contribution in [0.15, 0.2) is 207 Å². The summed E-state index contributed by atoms with van der Waals surface area (Å²) in [6, 6.07) is 33.5. The number of primary amides is 2. The number of benzene rings is 9. The van der Waals surface area contributed by atoms with Crippen molar-refractivity contribution < 1.29 is 187 Å². The first kappa shape index (κ1) is 107. The topological polar surface area (TPSA) is 377 Å². The molecule has 1 aliphatic rings. The van der Waals surface area contributed by atoms with Gasteiger partial charge in [0.15, 0.2) is 51.9 Å². The number of amides is 6. The Kier molecular flexibility index (Phi) is 33.5. The number of aromatic nitrogens is 3. The van der Waals surface area contributed by atoms with Gasteiger partial charge in [-0.1, -0.05) is 18.2 Å². The summed E-state index contributed by atoms with van der Waals surface area (Å²) in [4.78, 5) is 108. The van der Waals surface area contributed by atoms with Crippen molar-refractivity contribution in [3.05, 3.63) is 297 Å². The van der Waals surface area contributed by atoms with E-state index in [2.05, 4.69) is 55.2 Å². The Hall–Kier alpha value is -17.2. The van der Waals surface area contributed by atoms with Gasteiger partial charge in [-0.05, 0) is 188 Å². The summed E-state index contributed by atoms with van der Waals surface area (Å²) in [5.74, 6) is -18.8. The molecule has 142 heavy (non-hydrogen) atoms. The minimum Gasteiger partial charge on any atom is -0.493 e. The quantitative estimate of drug-likeness (QED) is 0.0196. The molecule has 13 rings (SSSR count). The van der Waals surface area contributed by atoms with E-state index in [9.17, 15) is 131 Å². The van der Waals surface area contributed by atoms with Crippen molar-refractivity contribution in [2.45, 2.75) is 77.3 Å². The van der Waals surface area contributed by atoms with Crippen LogP contribution >= 0.6 is 0 Å². The van der Waals surface area contributed by atoms with E-state index in [0.29, 0.717) is 36.0 Å². The third kappa shape index (κ3) is 29.7. The highest BCUT2D eigenvalue weighted by molar-refractivity contribution is 6.10. The van der Waals surface area contributed by atoms with Crippen LogP contribution in [0.1, 0.15) is 138 Å². The fraction of sp³-hybridized carbons (Fsp3) is 0.163. The zero-order valence-electron chi connectivity index (χ0n) is 72.7. The van der Waals surface area contributed by atoms with E-state index in [1.54, 1.807) is 0 Å². The van der Waals surface area contributed by atoms with E-state index in [1.165, 1.54) is 131 Å². The molecule has 746 valence electrons. The number of carbonyl (C=O) groups is 8. The van der Waals surface area contributed by atoms with Gasteiger partial charge >= 0.3 is 37.8 Å². The molecule has 12 aromatic rings. The number of hydrogen-bond acceptors (Lipinski definition) is 22. The van der Waals surface area contributed by atoms with Gasteiger partial charge in [0, 0.05) is 84.5 Å². The second-order valence-corrected chi connectivity index (χ2v) is 28.9. The summed E-state index contributed by atoms with van der Waals surface area (Å²) in [6.45, 7) is 3.98. The Labute approximate surface area is 783 Å². The van der Waals surface area contributed by atoms with Gasteiger partial charge in [-0.3, -0.25) is 53.3 Å². The van der Waals surface area contributed by atoms with Gasteiger partial charge in [0.05, 0.1) is 26.9 Å². The Morgan fingerprint density at radius 1 is 0.359 bits per heavy atom. The smallest absolute Gasteiger partial charge is 0.493 e. The van der Waals surface area contributed by atoms with Crippen LogP contribution < -0.4 is 84.8 Å². The number of Topliss-reactive ketones (excluding diaryl/α,β-unsaturated/α-hetero) is 2. The number of nitrogens with zero attached hydrogens (tertiary/aromatic N) is 3. The van der Waals surface area contributed by atoms with E-state index in [4.69, 9.17) is 44.6 Å². The minimum atomic E-state index is -5.16. The van der Waals surface area contributed by atoms with Gasteiger partial charge in [0.1, 0.15) is 97.0 Å². The zero-order valence-corrected chi connectivity index (χ0v) is 72.7. The lowest BCUT2D eigenvalue weighted by atomic mass is 10.0. The number of nitrogens with one attached hydrogen (secondary N) is 4. The number of aryl methyl sites for hydroxylation is 1. The summed E-state index contributed by atoms with van der Waals surface area (Å²) in [5.41, 5.74) is 5.81. The van der Waals surface area contributed by atoms with Gasteiger partial charge in [-0.15, -0.1) is 52.7 Å². The van der Waals surface area contributed by atoms with Crippen LogP contribution in [0.25, 0.3) is 0 Å². The summed E-state index contributed by atoms with van der Waals surface area (Å²) < 4.78 is 341. The molecular formula is C92H65F22N9O19. The molecule has 0 spiro atoms. The molecule has 3 aromatic heterocycles. The fourth-order valence-corrected chi connectivity index (χ4v) is 12.2. The molecule has 28 nitrogen and oxygen atoms in total. The number of anilines is 4. The average molecular weight is 2020 g/mol. The average Bonchev–Trinajstić information content (AvgIpc) is 1.03. The van der Waals surface area contributed by atoms with Crippen LogP contribution in [0, 0.1) is 30.2 Å². The van der Waals surface area contributed by atoms with Crippen LogP contribution in [0.5, 0.6) is 86.2 Å². The first-order valence-electron chi connectivity index (χ1n) is 39.6. The molecule has 1 fully saturated rings. The van der Waals surface area contributed by atoms with Crippen LogP contribution in [0.4, 0.5) is 119 Å². The van der Waals surface area contributed by atoms with Crippen molar-refractivity contribution in [2.75, 3.05) is 42.6 Å². The zero-order chi connectivity index (χ0) is 105. The Morgan fingerprint density at radius 2 is 0.775 bits per heavy atom. The molecule has 0 aliphatic heterocycles.